The van der Waals surface area contributed by atoms with Gasteiger partial charge in [-0.25, -0.2) is 4.68 Å². The molecule has 1 atom stereocenters. The average molecular weight is 394 g/mol. The first-order valence-electron chi connectivity index (χ1n) is 9.38. The second kappa shape index (κ2) is 8.34. The number of methoxy groups -OCH3 is 2. The number of hydrogen-bond donors (Lipinski definition) is 1. The minimum Gasteiger partial charge on any atom is -0.493 e. The van der Waals surface area contributed by atoms with Gasteiger partial charge in [0.25, 0.3) is 5.91 Å². The smallest absolute Gasteiger partial charge is 0.274 e. The molecule has 1 amide bonds. The van der Waals surface area contributed by atoms with Crippen molar-refractivity contribution >= 4 is 5.91 Å². The second-order valence-corrected chi connectivity index (χ2v) is 7.01. The lowest BCUT2D eigenvalue weighted by molar-refractivity contribution is 0.0934. The Labute approximate surface area is 170 Å². The van der Waals surface area contributed by atoms with E-state index in [4.69, 9.17) is 9.47 Å². The van der Waals surface area contributed by atoms with Crippen molar-refractivity contribution in [2.45, 2.75) is 33.7 Å². The number of hydrogen-bond acceptors (Lipinski definition) is 5. The van der Waals surface area contributed by atoms with Crippen molar-refractivity contribution in [1.82, 2.24) is 20.3 Å². The number of amides is 1. The number of nitrogens with one attached hydrogen (secondary N) is 1. The highest BCUT2D eigenvalue weighted by Gasteiger charge is 2.20. The summed E-state index contributed by atoms with van der Waals surface area (Å²) in [4.78, 5) is 12.8. The fraction of sp³-hybridized carbons (Fsp3) is 0.318. The molecule has 7 heteroatoms. The Hall–Kier alpha value is -3.35. The van der Waals surface area contributed by atoms with E-state index in [1.54, 1.807) is 18.9 Å². The largest absolute Gasteiger partial charge is 0.493 e. The third-order valence-electron chi connectivity index (χ3n) is 5.10. The first kappa shape index (κ1) is 20.4. The Morgan fingerprint density at radius 3 is 2.38 bits per heavy atom. The number of carbonyl (C=O) groups excluding carboxylic acids is 1. The minimum atomic E-state index is -0.278. The number of benzene rings is 2. The molecule has 0 saturated carbocycles. The van der Waals surface area contributed by atoms with Crippen molar-refractivity contribution in [3.8, 4) is 17.2 Å². The van der Waals surface area contributed by atoms with Gasteiger partial charge >= 0.3 is 0 Å². The molecule has 1 heterocycles. The summed E-state index contributed by atoms with van der Waals surface area (Å²) in [5, 5.41) is 11.3. The summed E-state index contributed by atoms with van der Waals surface area (Å²) in [5.41, 5.74) is 5.12. The molecule has 0 bridgehead atoms. The SMILES string of the molecule is COc1ccc(C(C)NC(=O)c2nnn(-c3ccc(C)c(C)c3)c2C)cc1OC. The molecule has 0 aliphatic heterocycles. The van der Waals surface area contributed by atoms with Crippen LogP contribution < -0.4 is 14.8 Å². The fourth-order valence-electron chi connectivity index (χ4n) is 3.11. The van der Waals surface area contributed by atoms with Crippen molar-refractivity contribution in [3.05, 3.63) is 64.5 Å². The second-order valence-electron chi connectivity index (χ2n) is 7.01. The van der Waals surface area contributed by atoms with Crippen molar-refractivity contribution in [3.63, 3.8) is 0 Å². The van der Waals surface area contributed by atoms with Crippen LogP contribution in [-0.2, 0) is 0 Å². The molecule has 2 aromatic carbocycles. The predicted molar refractivity (Wildman–Crippen MR) is 111 cm³/mol. The first-order chi connectivity index (χ1) is 13.8. The maximum atomic E-state index is 12.8. The molecule has 3 aromatic rings. The quantitative estimate of drug-likeness (QED) is 0.690. The summed E-state index contributed by atoms with van der Waals surface area (Å²) < 4.78 is 12.3. The molecule has 7 nitrogen and oxygen atoms in total. The van der Waals surface area contributed by atoms with Crippen LogP contribution in [0.2, 0.25) is 0 Å². The van der Waals surface area contributed by atoms with Crippen LogP contribution >= 0.6 is 0 Å². The Bertz CT molecular complexity index is 1040. The van der Waals surface area contributed by atoms with E-state index in [-0.39, 0.29) is 11.9 Å². The van der Waals surface area contributed by atoms with Gasteiger partial charge in [-0.1, -0.05) is 17.3 Å². The summed E-state index contributed by atoms with van der Waals surface area (Å²) >= 11 is 0. The number of carbonyl (C=O) groups is 1. The van der Waals surface area contributed by atoms with Gasteiger partial charge in [-0.3, -0.25) is 4.79 Å². The first-order valence-corrected chi connectivity index (χ1v) is 9.38. The van der Waals surface area contributed by atoms with Crippen LogP contribution in [0.4, 0.5) is 0 Å². The maximum absolute atomic E-state index is 12.8. The Balaban J connectivity index is 1.81. The fourth-order valence-corrected chi connectivity index (χ4v) is 3.11. The zero-order chi connectivity index (χ0) is 21.1. The van der Waals surface area contributed by atoms with Crippen LogP contribution in [0.15, 0.2) is 36.4 Å². The third kappa shape index (κ3) is 4.08. The monoisotopic (exact) mass is 394 g/mol. The van der Waals surface area contributed by atoms with E-state index in [1.165, 1.54) is 5.56 Å². The van der Waals surface area contributed by atoms with Crippen molar-refractivity contribution in [1.29, 1.82) is 0 Å². The van der Waals surface area contributed by atoms with Crippen LogP contribution in [0.5, 0.6) is 11.5 Å². The van der Waals surface area contributed by atoms with Crippen LogP contribution in [0, 0.1) is 20.8 Å². The number of aryl methyl sites for hydroxylation is 2. The van der Waals surface area contributed by atoms with Crippen molar-refractivity contribution in [2.24, 2.45) is 0 Å². The molecule has 0 aliphatic rings. The molecule has 0 saturated heterocycles. The van der Waals surface area contributed by atoms with Crippen LogP contribution in [0.25, 0.3) is 5.69 Å². The molecule has 0 radical (unpaired) electrons. The standard InChI is InChI=1S/C22H26N4O3/c1-13-7-9-18(11-14(13)2)26-16(4)21(24-25-26)22(27)23-15(3)17-8-10-19(28-5)20(12-17)29-6/h7-12,15H,1-6H3,(H,23,27). The molecule has 1 unspecified atom stereocenters. The molecular weight excluding hydrogens is 368 g/mol. The van der Waals surface area contributed by atoms with Gasteiger partial charge in [-0.2, -0.15) is 0 Å². The lowest BCUT2D eigenvalue weighted by atomic mass is 10.1. The average Bonchev–Trinajstić information content (AvgIpc) is 3.10. The molecule has 0 fully saturated rings. The molecule has 1 N–H and O–H groups in total. The Morgan fingerprint density at radius 2 is 1.72 bits per heavy atom. The highest BCUT2D eigenvalue weighted by molar-refractivity contribution is 5.93. The van der Waals surface area contributed by atoms with Crippen LogP contribution in [0.3, 0.4) is 0 Å². The zero-order valence-corrected chi connectivity index (χ0v) is 17.6. The molecule has 29 heavy (non-hydrogen) atoms. The van der Waals surface area contributed by atoms with E-state index in [0.717, 1.165) is 16.8 Å². The van der Waals surface area contributed by atoms with E-state index in [9.17, 15) is 4.79 Å². The predicted octanol–water partition coefficient (Wildman–Crippen LogP) is 3.70. The van der Waals surface area contributed by atoms with E-state index < -0.39 is 0 Å². The number of rotatable bonds is 6. The van der Waals surface area contributed by atoms with Gasteiger partial charge in [0, 0.05) is 0 Å². The van der Waals surface area contributed by atoms with Gasteiger partial charge < -0.3 is 14.8 Å². The van der Waals surface area contributed by atoms with E-state index in [0.29, 0.717) is 22.9 Å². The van der Waals surface area contributed by atoms with Crippen molar-refractivity contribution in [2.75, 3.05) is 14.2 Å². The van der Waals surface area contributed by atoms with Gasteiger partial charge in [0.15, 0.2) is 17.2 Å². The van der Waals surface area contributed by atoms with Gasteiger partial charge in [-0.15, -0.1) is 5.10 Å². The molecular formula is C22H26N4O3. The normalized spacial score (nSPS) is 11.8. The maximum Gasteiger partial charge on any atom is 0.274 e. The highest BCUT2D eigenvalue weighted by Crippen LogP contribution is 2.30. The highest BCUT2D eigenvalue weighted by atomic mass is 16.5. The minimum absolute atomic E-state index is 0.242. The van der Waals surface area contributed by atoms with E-state index >= 15 is 0 Å². The van der Waals surface area contributed by atoms with Crippen LogP contribution in [0.1, 0.15) is 45.8 Å². The number of aromatic nitrogens is 3. The molecule has 1 aromatic heterocycles. The summed E-state index contributed by atoms with van der Waals surface area (Å²) in [5.74, 6) is 0.977. The Morgan fingerprint density at radius 1 is 1.00 bits per heavy atom. The topological polar surface area (TPSA) is 78.3 Å². The third-order valence-corrected chi connectivity index (χ3v) is 5.10. The van der Waals surface area contributed by atoms with Gasteiger partial charge in [0.05, 0.1) is 31.6 Å². The van der Waals surface area contributed by atoms with Crippen molar-refractivity contribution < 1.29 is 14.3 Å². The van der Waals surface area contributed by atoms with E-state index in [1.807, 2.05) is 57.2 Å². The zero-order valence-electron chi connectivity index (χ0n) is 17.6. The molecule has 0 spiro atoms. The van der Waals surface area contributed by atoms with Gasteiger partial charge in [0.1, 0.15) is 0 Å². The molecule has 3 rings (SSSR count). The number of ether oxygens (including phenoxy) is 2. The summed E-state index contributed by atoms with van der Waals surface area (Å²) in [6.07, 6.45) is 0. The number of nitrogens with zero attached hydrogens (tertiary/aromatic N) is 3. The summed E-state index contributed by atoms with van der Waals surface area (Å²) in [6, 6.07) is 11.4. The lowest BCUT2D eigenvalue weighted by Crippen LogP contribution is -2.27. The summed E-state index contributed by atoms with van der Waals surface area (Å²) in [6.45, 7) is 7.85. The Kier molecular flexibility index (Phi) is 5.87. The molecule has 0 aliphatic carbocycles. The summed E-state index contributed by atoms with van der Waals surface area (Å²) in [7, 11) is 3.17. The van der Waals surface area contributed by atoms with E-state index in [2.05, 4.69) is 22.6 Å². The van der Waals surface area contributed by atoms with Crippen LogP contribution in [-0.4, -0.2) is 35.1 Å². The molecule has 152 valence electrons. The van der Waals surface area contributed by atoms with Gasteiger partial charge in [-0.05, 0) is 68.7 Å². The van der Waals surface area contributed by atoms with Gasteiger partial charge in [0.2, 0.25) is 0 Å². The lowest BCUT2D eigenvalue weighted by Gasteiger charge is -2.16.